The summed E-state index contributed by atoms with van der Waals surface area (Å²) in [5, 5.41) is 11.0. The van der Waals surface area contributed by atoms with Crippen molar-refractivity contribution < 1.29 is 4.92 Å². The molecule has 2 rings (SSSR count). The van der Waals surface area contributed by atoms with Crippen molar-refractivity contribution in [2.45, 2.75) is 25.8 Å². The van der Waals surface area contributed by atoms with E-state index in [1.54, 1.807) is 6.07 Å². The number of rotatable bonds is 2. The van der Waals surface area contributed by atoms with Gasteiger partial charge in [-0.05, 0) is 11.5 Å². The number of nitro benzene ring substituents is 1. The molecule has 0 aliphatic heterocycles. The Morgan fingerprint density at radius 1 is 1.50 bits per heavy atom. The van der Waals surface area contributed by atoms with Crippen LogP contribution in [0.5, 0.6) is 0 Å². The highest BCUT2D eigenvalue weighted by molar-refractivity contribution is 9.10. The van der Waals surface area contributed by atoms with E-state index in [0.29, 0.717) is 0 Å². The van der Waals surface area contributed by atoms with Crippen LogP contribution in [0.15, 0.2) is 22.7 Å². The number of nitrogens with zero attached hydrogens (tertiary/aromatic N) is 1. The summed E-state index contributed by atoms with van der Waals surface area (Å²) in [6.07, 6.45) is 0. The molecule has 5 heteroatoms. The number of nitrogens with two attached hydrogens (primary N) is 1. The van der Waals surface area contributed by atoms with Gasteiger partial charge in [0.25, 0.3) is 5.69 Å². The van der Waals surface area contributed by atoms with Crippen LogP contribution in [0.2, 0.25) is 0 Å². The SMILES string of the molecule is CC1(C)[C@H](N)[C@H]1c1ccc(Br)cc1[N+](=O)[O-]. The summed E-state index contributed by atoms with van der Waals surface area (Å²) in [4.78, 5) is 10.6. The van der Waals surface area contributed by atoms with Crippen LogP contribution in [0.25, 0.3) is 0 Å². The van der Waals surface area contributed by atoms with E-state index in [2.05, 4.69) is 15.9 Å². The molecule has 1 aromatic rings. The van der Waals surface area contributed by atoms with E-state index in [1.807, 2.05) is 19.9 Å². The zero-order chi connectivity index (χ0) is 12.1. The van der Waals surface area contributed by atoms with Gasteiger partial charge in [0.15, 0.2) is 0 Å². The minimum Gasteiger partial charge on any atom is -0.327 e. The molecule has 0 bridgehead atoms. The first-order valence-corrected chi connectivity index (χ1v) is 5.84. The van der Waals surface area contributed by atoms with E-state index in [4.69, 9.17) is 5.73 Å². The van der Waals surface area contributed by atoms with E-state index in [0.717, 1.165) is 10.0 Å². The van der Waals surface area contributed by atoms with Gasteiger partial charge in [-0.2, -0.15) is 0 Å². The molecule has 0 unspecified atom stereocenters. The number of halogens is 1. The molecule has 0 saturated heterocycles. The Labute approximate surface area is 102 Å². The van der Waals surface area contributed by atoms with Crippen LogP contribution in [0.1, 0.15) is 25.3 Å². The van der Waals surface area contributed by atoms with Crippen LogP contribution in [0.3, 0.4) is 0 Å². The molecule has 1 aromatic carbocycles. The summed E-state index contributed by atoms with van der Waals surface area (Å²) >= 11 is 3.24. The van der Waals surface area contributed by atoms with Gasteiger partial charge in [0.1, 0.15) is 0 Å². The summed E-state index contributed by atoms with van der Waals surface area (Å²) < 4.78 is 0.718. The Kier molecular flexibility index (Phi) is 2.55. The lowest BCUT2D eigenvalue weighted by molar-refractivity contribution is -0.385. The van der Waals surface area contributed by atoms with Gasteiger partial charge in [0.05, 0.1) is 4.92 Å². The molecule has 0 heterocycles. The van der Waals surface area contributed by atoms with Gasteiger partial charge in [-0.15, -0.1) is 0 Å². The Hall–Kier alpha value is -0.940. The third-order valence-electron chi connectivity index (χ3n) is 3.43. The van der Waals surface area contributed by atoms with Crippen molar-refractivity contribution in [3.8, 4) is 0 Å². The first-order valence-electron chi connectivity index (χ1n) is 5.05. The Morgan fingerprint density at radius 2 is 2.06 bits per heavy atom. The van der Waals surface area contributed by atoms with Crippen LogP contribution in [0.4, 0.5) is 5.69 Å². The van der Waals surface area contributed by atoms with Gasteiger partial charge >= 0.3 is 0 Å². The lowest BCUT2D eigenvalue weighted by Crippen LogP contribution is -2.06. The molecule has 1 fully saturated rings. The molecule has 1 aliphatic rings. The topological polar surface area (TPSA) is 69.2 Å². The van der Waals surface area contributed by atoms with Crippen molar-refractivity contribution in [3.05, 3.63) is 38.3 Å². The third kappa shape index (κ3) is 1.64. The number of hydrogen-bond donors (Lipinski definition) is 1. The molecule has 1 saturated carbocycles. The average molecular weight is 285 g/mol. The average Bonchev–Trinajstić information content (AvgIpc) is 2.67. The maximum atomic E-state index is 11.0. The monoisotopic (exact) mass is 284 g/mol. The molecular weight excluding hydrogens is 272 g/mol. The number of nitro groups is 1. The molecule has 2 atom stereocenters. The van der Waals surface area contributed by atoms with E-state index < -0.39 is 0 Å². The second-order valence-corrected chi connectivity index (χ2v) is 5.70. The summed E-state index contributed by atoms with van der Waals surface area (Å²) in [6.45, 7) is 4.07. The normalized spacial score (nSPS) is 26.5. The highest BCUT2D eigenvalue weighted by Gasteiger charge is 2.58. The minimum atomic E-state index is -0.346. The van der Waals surface area contributed by atoms with Crippen molar-refractivity contribution in [1.82, 2.24) is 0 Å². The smallest absolute Gasteiger partial charge is 0.274 e. The summed E-state index contributed by atoms with van der Waals surface area (Å²) in [5.41, 5.74) is 6.80. The lowest BCUT2D eigenvalue weighted by Gasteiger charge is -2.04. The maximum Gasteiger partial charge on any atom is 0.274 e. The number of hydrogen-bond acceptors (Lipinski definition) is 3. The molecule has 0 amide bonds. The fourth-order valence-corrected chi connectivity index (χ4v) is 2.56. The molecule has 0 radical (unpaired) electrons. The van der Waals surface area contributed by atoms with E-state index in [-0.39, 0.29) is 28.0 Å². The van der Waals surface area contributed by atoms with Crippen molar-refractivity contribution >= 4 is 21.6 Å². The first kappa shape index (κ1) is 11.5. The molecular formula is C11H13BrN2O2. The van der Waals surface area contributed by atoms with E-state index in [9.17, 15) is 10.1 Å². The molecule has 1 aliphatic carbocycles. The van der Waals surface area contributed by atoms with Crippen LogP contribution in [-0.4, -0.2) is 11.0 Å². The van der Waals surface area contributed by atoms with Gasteiger partial charge in [-0.1, -0.05) is 35.8 Å². The minimum absolute atomic E-state index is 0.00683. The first-order chi connectivity index (χ1) is 7.35. The van der Waals surface area contributed by atoms with Crippen LogP contribution >= 0.6 is 15.9 Å². The Bertz CT molecular complexity index is 459. The highest BCUT2D eigenvalue weighted by Crippen LogP contribution is 2.59. The van der Waals surface area contributed by atoms with Crippen molar-refractivity contribution in [1.29, 1.82) is 0 Å². The lowest BCUT2D eigenvalue weighted by atomic mass is 10.0. The van der Waals surface area contributed by atoms with Gasteiger partial charge < -0.3 is 5.73 Å². The number of benzene rings is 1. The van der Waals surface area contributed by atoms with Gasteiger partial charge in [0, 0.05) is 28.1 Å². The molecule has 4 nitrogen and oxygen atoms in total. The zero-order valence-electron chi connectivity index (χ0n) is 9.11. The fraction of sp³-hybridized carbons (Fsp3) is 0.455. The van der Waals surface area contributed by atoms with E-state index in [1.165, 1.54) is 6.07 Å². The Morgan fingerprint density at radius 3 is 2.50 bits per heavy atom. The molecule has 86 valence electrons. The van der Waals surface area contributed by atoms with Crippen LogP contribution in [-0.2, 0) is 0 Å². The van der Waals surface area contributed by atoms with Crippen molar-refractivity contribution in [2.75, 3.05) is 0 Å². The highest BCUT2D eigenvalue weighted by atomic mass is 79.9. The quantitative estimate of drug-likeness (QED) is 0.671. The summed E-state index contributed by atoms with van der Waals surface area (Å²) in [5.74, 6) is 0.0843. The second kappa shape index (κ2) is 3.53. The van der Waals surface area contributed by atoms with Crippen molar-refractivity contribution in [3.63, 3.8) is 0 Å². The molecule has 2 N–H and O–H groups in total. The summed E-state index contributed by atoms with van der Waals surface area (Å²) in [6, 6.07) is 5.16. The second-order valence-electron chi connectivity index (χ2n) is 4.79. The molecule has 0 spiro atoms. The Balaban J connectivity index is 2.47. The summed E-state index contributed by atoms with van der Waals surface area (Å²) in [7, 11) is 0. The van der Waals surface area contributed by atoms with E-state index >= 15 is 0 Å². The fourth-order valence-electron chi connectivity index (χ4n) is 2.21. The van der Waals surface area contributed by atoms with Gasteiger partial charge in [-0.3, -0.25) is 10.1 Å². The van der Waals surface area contributed by atoms with Gasteiger partial charge in [-0.25, -0.2) is 0 Å². The predicted octanol–water partition coefficient (Wildman–Crippen LogP) is 2.81. The van der Waals surface area contributed by atoms with Crippen LogP contribution in [0, 0.1) is 15.5 Å². The van der Waals surface area contributed by atoms with Crippen molar-refractivity contribution in [2.24, 2.45) is 11.1 Å². The zero-order valence-corrected chi connectivity index (χ0v) is 10.7. The molecule has 16 heavy (non-hydrogen) atoms. The standard InChI is InChI=1S/C11H13BrN2O2/c1-11(2)9(10(11)13)7-4-3-6(12)5-8(7)14(15)16/h3-5,9-10H,13H2,1-2H3/t9-,10-/m1/s1. The predicted molar refractivity (Wildman–Crippen MR) is 65.3 cm³/mol. The largest absolute Gasteiger partial charge is 0.327 e. The molecule has 0 aromatic heterocycles. The third-order valence-corrected chi connectivity index (χ3v) is 3.93. The van der Waals surface area contributed by atoms with Gasteiger partial charge in [0.2, 0.25) is 0 Å². The van der Waals surface area contributed by atoms with Crippen LogP contribution < -0.4 is 5.73 Å². The maximum absolute atomic E-state index is 11.0.